The molecule has 0 amide bonds. The largest absolute Gasteiger partial charge is 0.492 e. The number of hydrogen-bond donors (Lipinski definition) is 0. The van der Waals surface area contributed by atoms with Crippen LogP contribution in [0.2, 0.25) is 5.02 Å². The zero-order chi connectivity index (χ0) is 23.0. The summed E-state index contributed by atoms with van der Waals surface area (Å²) in [5.41, 5.74) is 2.15. The second-order valence-electron chi connectivity index (χ2n) is 8.78. The van der Waals surface area contributed by atoms with Gasteiger partial charge in [-0.3, -0.25) is 14.5 Å². The van der Waals surface area contributed by atoms with E-state index in [1.807, 2.05) is 16.8 Å². The number of esters is 1. The number of hydrogen-bond acceptors (Lipinski definition) is 6. The second kappa shape index (κ2) is 8.79. The Hall–Kier alpha value is -2.51. The number of aromatic nitrogens is 1. The molecule has 3 heterocycles. The summed E-state index contributed by atoms with van der Waals surface area (Å²) in [6, 6.07) is 5.44. The third-order valence-electron chi connectivity index (χ3n) is 6.19. The monoisotopic (exact) mass is 460 g/mol. The average Bonchev–Trinajstić information content (AvgIpc) is 3.07. The molecule has 8 heteroatoms. The lowest BCUT2D eigenvalue weighted by molar-refractivity contribution is 0.0523. The predicted molar refractivity (Wildman–Crippen MR) is 123 cm³/mol. The summed E-state index contributed by atoms with van der Waals surface area (Å²) >= 11 is 6.57. The average molecular weight is 461 g/mol. The van der Waals surface area contributed by atoms with E-state index in [-0.39, 0.29) is 29.2 Å². The Morgan fingerprint density at radius 1 is 1.25 bits per heavy atom. The van der Waals surface area contributed by atoms with E-state index in [2.05, 4.69) is 18.9 Å². The van der Waals surface area contributed by atoms with E-state index in [4.69, 9.17) is 25.8 Å². The van der Waals surface area contributed by atoms with Crippen LogP contribution in [0.5, 0.6) is 5.75 Å². The van der Waals surface area contributed by atoms with Crippen LogP contribution in [0.15, 0.2) is 29.2 Å². The quantitative estimate of drug-likeness (QED) is 0.452. The normalized spacial score (nSPS) is 18.0. The van der Waals surface area contributed by atoms with Gasteiger partial charge in [0.2, 0.25) is 0 Å². The molecule has 0 spiro atoms. The molecule has 0 bridgehead atoms. The molecule has 2 aliphatic heterocycles. The SMILES string of the molecule is CCOC(=O)c1cn2c(cc1=O)-c1cc(Cl)c(OCCCOC)cc1C1CCC(C)(C)N12. The molecule has 1 aromatic heterocycles. The van der Waals surface area contributed by atoms with Crippen molar-refractivity contribution in [1.82, 2.24) is 4.68 Å². The highest BCUT2D eigenvalue weighted by molar-refractivity contribution is 6.32. The Bertz CT molecular complexity index is 1090. The van der Waals surface area contributed by atoms with Crippen molar-refractivity contribution >= 4 is 17.6 Å². The van der Waals surface area contributed by atoms with Crippen LogP contribution in [0, 0.1) is 0 Å². The van der Waals surface area contributed by atoms with E-state index in [0.717, 1.165) is 30.4 Å². The number of fused-ring (bicyclic) bond motifs is 6. The summed E-state index contributed by atoms with van der Waals surface area (Å²) in [5.74, 6) is 0.0232. The van der Waals surface area contributed by atoms with E-state index >= 15 is 0 Å². The molecule has 32 heavy (non-hydrogen) atoms. The number of ether oxygens (including phenoxy) is 3. The van der Waals surface area contributed by atoms with Gasteiger partial charge in [0.05, 0.1) is 35.5 Å². The third-order valence-corrected chi connectivity index (χ3v) is 6.49. The molecule has 2 aliphatic rings. The first kappa shape index (κ1) is 22.7. The molecule has 1 fully saturated rings. The molecule has 172 valence electrons. The van der Waals surface area contributed by atoms with Gasteiger partial charge in [0.15, 0.2) is 5.43 Å². The fraction of sp³-hybridized carbons (Fsp3) is 0.500. The van der Waals surface area contributed by atoms with Gasteiger partial charge in [0, 0.05) is 38.0 Å². The van der Waals surface area contributed by atoms with E-state index in [1.165, 1.54) is 6.07 Å². The number of carbonyl (C=O) groups excluding carboxylic acids is 1. The van der Waals surface area contributed by atoms with Crippen LogP contribution in [-0.4, -0.2) is 43.1 Å². The van der Waals surface area contributed by atoms with Gasteiger partial charge in [-0.25, -0.2) is 4.79 Å². The molecule has 7 nitrogen and oxygen atoms in total. The maximum Gasteiger partial charge on any atom is 0.343 e. The highest BCUT2D eigenvalue weighted by Crippen LogP contribution is 2.49. The Kier molecular flexibility index (Phi) is 6.23. The van der Waals surface area contributed by atoms with Gasteiger partial charge in [-0.2, -0.15) is 0 Å². The molecule has 0 saturated carbocycles. The zero-order valence-corrected chi connectivity index (χ0v) is 19.7. The van der Waals surface area contributed by atoms with Crippen molar-refractivity contribution in [2.75, 3.05) is 31.9 Å². The molecule has 0 radical (unpaired) electrons. The molecule has 1 saturated heterocycles. The molecule has 0 N–H and O–H groups in total. The molecular weight excluding hydrogens is 432 g/mol. The van der Waals surface area contributed by atoms with Crippen molar-refractivity contribution in [1.29, 1.82) is 0 Å². The molecule has 1 unspecified atom stereocenters. The Morgan fingerprint density at radius 3 is 2.75 bits per heavy atom. The summed E-state index contributed by atoms with van der Waals surface area (Å²) in [6.07, 6.45) is 4.28. The summed E-state index contributed by atoms with van der Waals surface area (Å²) in [5, 5.41) is 2.73. The molecule has 1 atom stereocenters. The predicted octanol–water partition coefficient (Wildman–Crippen LogP) is 4.33. The van der Waals surface area contributed by atoms with Crippen molar-refractivity contribution in [3.63, 3.8) is 0 Å². The number of nitrogens with zero attached hydrogens (tertiary/aromatic N) is 2. The highest BCUT2D eigenvalue weighted by Gasteiger charge is 2.45. The number of pyridine rings is 1. The van der Waals surface area contributed by atoms with Crippen LogP contribution in [0.3, 0.4) is 0 Å². The second-order valence-corrected chi connectivity index (χ2v) is 9.19. The molecule has 1 aromatic carbocycles. The summed E-state index contributed by atoms with van der Waals surface area (Å²) < 4.78 is 18.1. The van der Waals surface area contributed by atoms with Crippen LogP contribution in [-0.2, 0) is 9.47 Å². The Labute approximate surface area is 192 Å². The van der Waals surface area contributed by atoms with Crippen LogP contribution in [0.1, 0.15) is 62.0 Å². The lowest BCUT2D eigenvalue weighted by Gasteiger charge is -2.44. The first-order valence-electron chi connectivity index (χ1n) is 11.0. The van der Waals surface area contributed by atoms with Crippen molar-refractivity contribution in [2.45, 2.75) is 51.6 Å². The first-order chi connectivity index (χ1) is 15.3. The van der Waals surface area contributed by atoms with Gasteiger partial charge >= 0.3 is 5.97 Å². The minimum atomic E-state index is -0.606. The standard InChI is InChI=1S/C24H29ClN2O5/c1-5-31-23(29)17-14-26-20(13-21(17)28)15-11-18(25)22(32-10-6-9-30-4)12-16(15)19-7-8-24(2,3)27(19)26/h11-14,19H,5-10H2,1-4H3. The molecule has 0 aliphatic carbocycles. The van der Waals surface area contributed by atoms with Crippen molar-refractivity contribution in [3.8, 4) is 17.0 Å². The fourth-order valence-electron chi connectivity index (χ4n) is 4.71. The van der Waals surface area contributed by atoms with Crippen molar-refractivity contribution in [2.24, 2.45) is 0 Å². The van der Waals surface area contributed by atoms with Gasteiger partial charge in [-0.1, -0.05) is 11.6 Å². The minimum Gasteiger partial charge on any atom is -0.492 e. The lowest BCUT2D eigenvalue weighted by atomic mass is 9.94. The maximum absolute atomic E-state index is 12.8. The molecule has 4 rings (SSSR count). The molecule has 2 aromatic rings. The van der Waals surface area contributed by atoms with E-state index < -0.39 is 5.97 Å². The summed E-state index contributed by atoms with van der Waals surface area (Å²) in [7, 11) is 1.66. The van der Waals surface area contributed by atoms with Crippen molar-refractivity contribution in [3.05, 3.63) is 50.8 Å². The third kappa shape index (κ3) is 3.88. The summed E-state index contributed by atoms with van der Waals surface area (Å²) in [4.78, 5) is 25.2. The van der Waals surface area contributed by atoms with Crippen LogP contribution >= 0.6 is 11.6 Å². The smallest absolute Gasteiger partial charge is 0.343 e. The van der Waals surface area contributed by atoms with Gasteiger partial charge in [-0.15, -0.1) is 0 Å². The van der Waals surface area contributed by atoms with Gasteiger partial charge in [0.1, 0.15) is 11.3 Å². The number of rotatable bonds is 7. The Morgan fingerprint density at radius 2 is 2.03 bits per heavy atom. The fourth-order valence-corrected chi connectivity index (χ4v) is 4.92. The Balaban J connectivity index is 1.84. The van der Waals surface area contributed by atoms with Gasteiger partial charge in [-0.05, 0) is 51.3 Å². The van der Waals surface area contributed by atoms with Crippen molar-refractivity contribution < 1.29 is 19.0 Å². The van der Waals surface area contributed by atoms with Crippen LogP contribution in [0.25, 0.3) is 11.3 Å². The van der Waals surface area contributed by atoms with E-state index in [0.29, 0.717) is 29.7 Å². The van der Waals surface area contributed by atoms with E-state index in [9.17, 15) is 9.59 Å². The number of benzene rings is 1. The maximum atomic E-state index is 12.8. The van der Waals surface area contributed by atoms with Crippen LogP contribution < -0.4 is 15.2 Å². The van der Waals surface area contributed by atoms with Crippen LogP contribution in [0.4, 0.5) is 0 Å². The summed E-state index contributed by atoms with van der Waals surface area (Å²) in [6.45, 7) is 7.39. The zero-order valence-electron chi connectivity index (χ0n) is 18.9. The molecular formula is C24H29ClN2O5. The minimum absolute atomic E-state index is 0.0321. The number of halogens is 1. The first-order valence-corrected chi connectivity index (χ1v) is 11.3. The highest BCUT2D eigenvalue weighted by atomic mass is 35.5. The lowest BCUT2D eigenvalue weighted by Crippen LogP contribution is -2.50. The van der Waals surface area contributed by atoms with Gasteiger partial charge < -0.3 is 14.2 Å². The number of methoxy groups -OCH3 is 1. The van der Waals surface area contributed by atoms with Gasteiger partial charge in [0.25, 0.3) is 0 Å². The topological polar surface area (TPSA) is 70.0 Å². The van der Waals surface area contributed by atoms with E-state index in [1.54, 1.807) is 20.2 Å². The number of carbonyl (C=O) groups is 1.